The van der Waals surface area contributed by atoms with E-state index >= 15 is 0 Å². The van der Waals surface area contributed by atoms with Gasteiger partial charge in [-0.25, -0.2) is 9.13 Å². The van der Waals surface area contributed by atoms with E-state index in [1.165, 1.54) is 308 Å². The van der Waals surface area contributed by atoms with Crippen LogP contribution in [0.3, 0.4) is 0 Å². The van der Waals surface area contributed by atoms with Crippen molar-refractivity contribution in [1.29, 1.82) is 0 Å². The number of aliphatic hydroxyl groups excluding tert-OH is 1. The lowest BCUT2D eigenvalue weighted by molar-refractivity contribution is -0.161. The molecule has 0 heterocycles. The Balaban J connectivity index is 5.18. The Morgan fingerprint density at radius 3 is 0.617 bits per heavy atom. The molecule has 5 unspecified atom stereocenters. The van der Waals surface area contributed by atoms with E-state index in [1.807, 2.05) is 0 Å². The maximum Gasteiger partial charge on any atom is 0.472 e. The van der Waals surface area contributed by atoms with Crippen LogP contribution in [-0.4, -0.2) is 96.7 Å². The van der Waals surface area contributed by atoms with Gasteiger partial charge >= 0.3 is 39.5 Å². The molecule has 0 bridgehead atoms. The lowest BCUT2D eigenvalue weighted by Gasteiger charge is -2.21. The van der Waals surface area contributed by atoms with E-state index in [4.69, 9.17) is 37.0 Å². The number of unbranched alkanes of at least 4 members (excludes halogenated alkanes) is 56. The third-order valence-electron chi connectivity index (χ3n) is 23.7. The quantitative estimate of drug-likeness (QED) is 0.0222. The van der Waals surface area contributed by atoms with Crippen molar-refractivity contribution in [3.63, 3.8) is 0 Å². The highest BCUT2D eigenvalue weighted by molar-refractivity contribution is 7.47. The molecular weight excluding hydrogens is 1490 g/mol. The number of hydrogen-bond donors (Lipinski definition) is 3. The van der Waals surface area contributed by atoms with Crippen LogP contribution in [0, 0.1) is 23.7 Å². The lowest BCUT2D eigenvalue weighted by Crippen LogP contribution is -2.30. The molecule has 0 saturated carbocycles. The van der Waals surface area contributed by atoms with Gasteiger partial charge in [-0.15, -0.1) is 0 Å². The van der Waals surface area contributed by atoms with Crippen molar-refractivity contribution in [1.82, 2.24) is 0 Å². The molecule has 0 aromatic carbocycles. The van der Waals surface area contributed by atoms with Gasteiger partial charge in [-0.1, -0.05) is 460 Å². The molecule has 0 spiro atoms. The van der Waals surface area contributed by atoms with Crippen LogP contribution in [0.1, 0.15) is 511 Å². The molecule has 0 aromatic rings. The average Bonchev–Trinajstić information content (AvgIpc) is 0.897. The summed E-state index contributed by atoms with van der Waals surface area (Å²) in [6.07, 6.45) is 78.1. The van der Waals surface area contributed by atoms with Gasteiger partial charge in [0.05, 0.1) is 26.4 Å². The Morgan fingerprint density at radius 1 is 0.243 bits per heavy atom. The van der Waals surface area contributed by atoms with Crippen molar-refractivity contribution in [3.05, 3.63) is 0 Å². The number of carbonyl (C=O) groups excluding carboxylic acids is 4. The van der Waals surface area contributed by atoms with Gasteiger partial charge in [0, 0.05) is 25.7 Å². The topological polar surface area (TPSA) is 237 Å². The number of rotatable bonds is 93. The smallest absolute Gasteiger partial charge is 0.462 e. The average molecular weight is 1680 g/mol. The van der Waals surface area contributed by atoms with E-state index in [1.54, 1.807) is 0 Å². The highest BCUT2D eigenvalue weighted by Crippen LogP contribution is 2.45. The molecule has 115 heavy (non-hydrogen) atoms. The van der Waals surface area contributed by atoms with Crippen LogP contribution in [0.4, 0.5) is 0 Å². The Morgan fingerprint density at radius 2 is 0.417 bits per heavy atom. The first-order valence-corrected chi connectivity index (χ1v) is 52.3. The van der Waals surface area contributed by atoms with Gasteiger partial charge in [-0.3, -0.25) is 37.3 Å². The van der Waals surface area contributed by atoms with Gasteiger partial charge in [0.2, 0.25) is 0 Å². The number of hydrogen-bond acceptors (Lipinski definition) is 15. The Labute approximate surface area is 708 Å². The molecule has 17 nitrogen and oxygen atoms in total. The molecule has 8 atom stereocenters. The summed E-state index contributed by atoms with van der Waals surface area (Å²) in [5, 5.41) is 10.7. The van der Waals surface area contributed by atoms with Gasteiger partial charge < -0.3 is 33.8 Å². The van der Waals surface area contributed by atoms with Crippen LogP contribution in [0.25, 0.3) is 0 Å². The molecule has 0 radical (unpaired) electrons. The minimum atomic E-state index is -4.97. The first-order chi connectivity index (χ1) is 55.7. The first-order valence-electron chi connectivity index (χ1n) is 49.3. The number of esters is 4. The highest BCUT2D eigenvalue weighted by Gasteiger charge is 2.31. The summed E-state index contributed by atoms with van der Waals surface area (Å²) < 4.78 is 69.1. The van der Waals surface area contributed by atoms with Gasteiger partial charge in [-0.2, -0.15) is 0 Å². The predicted molar refractivity (Wildman–Crippen MR) is 478 cm³/mol. The SMILES string of the molecule is CCC(C)CCCCCCCCCCCCCCCCCCCCC(=O)OC[C@H](COP(=O)(O)OC[C@@H](O)COP(=O)(O)OC[C@@H](COC(=O)CCCCCCCCC(C)C)OC(=O)CCCCCCCCCCCCCCCCCCCCC(C)CC)OC(=O)CCCCCCCCCCCCCCCCCCCCC(C)CC. The van der Waals surface area contributed by atoms with E-state index in [9.17, 15) is 43.2 Å². The summed E-state index contributed by atoms with van der Waals surface area (Å²) in [6, 6.07) is 0. The monoisotopic (exact) mass is 1680 g/mol. The largest absolute Gasteiger partial charge is 0.472 e. The third-order valence-corrected chi connectivity index (χ3v) is 25.6. The molecule has 19 heteroatoms. The van der Waals surface area contributed by atoms with Crippen LogP contribution in [0.2, 0.25) is 0 Å². The Hall–Kier alpha value is -1.94. The maximum absolute atomic E-state index is 13.2. The van der Waals surface area contributed by atoms with Gasteiger partial charge in [-0.05, 0) is 49.4 Å². The molecule has 0 aromatic heterocycles. The molecule has 3 N–H and O–H groups in total. The van der Waals surface area contributed by atoms with E-state index in [0.29, 0.717) is 31.6 Å². The zero-order chi connectivity index (χ0) is 84.5. The van der Waals surface area contributed by atoms with E-state index in [2.05, 4.69) is 55.4 Å². The normalized spacial score (nSPS) is 14.5. The first kappa shape index (κ1) is 113. The summed E-state index contributed by atoms with van der Waals surface area (Å²) in [5.74, 6) is 1.20. The van der Waals surface area contributed by atoms with Crippen LogP contribution in [-0.2, 0) is 65.4 Å². The molecule has 0 rings (SSSR count). The predicted octanol–water partition coefficient (Wildman–Crippen LogP) is 29.8. The fraction of sp³-hybridized carbons (Fsp3) is 0.958. The summed E-state index contributed by atoms with van der Waals surface area (Å²) >= 11 is 0. The summed E-state index contributed by atoms with van der Waals surface area (Å²) in [6.45, 7) is 14.5. The second-order valence-electron chi connectivity index (χ2n) is 35.7. The van der Waals surface area contributed by atoms with Crippen LogP contribution >= 0.6 is 15.6 Å². The van der Waals surface area contributed by atoms with Crippen molar-refractivity contribution in [2.75, 3.05) is 39.6 Å². The van der Waals surface area contributed by atoms with Crippen molar-refractivity contribution < 1.29 is 80.2 Å². The Bertz CT molecular complexity index is 2220. The van der Waals surface area contributed by atoms with Crippen molar-refractivity contribution in [3.8, 4) is 0 Å². The number of phosphoric acid groups is 2. The number of ether oxygens (including phenoxy) is 4. The van der Waals surface area contributed by atoms with Gasteiger partial charge in [0.15, 0.2) is 12.2 Å². The standard InChI is InChI=1S/C96H188O17P2/c1-9-87(6)73-65-57-48-42-36-30-24-18-12-15-21-27-33-39-45-51-60-68-76-93(98)106-82-91(112-95(100)78-70-62-52-46-40-34-28-22-16-13-19-25-31-37-43-49-58-66-74-88(7)10-2)84-110-114(102,103)108-80-90(97)81-109-115(104,105)111-85-92(83-107-94(99)77-69-61-55-54-56-64-72-86(4)5)113-96(101)79-71-63-53-47-41-35-29-23-17-14-20-26-32-38-44-50-59-67-75-89(8)11-3/h86-92,97H,9-85H2,1-8H3,(H,102,103)(H,104,105)/t87?,88?,89?,90-,91-,92-/m1/s1. The van der Waals surface area contributed by atoms with Gasteiger partial charge in [0.1, 0.15) is 19.3 Å². The summed E-state index contributed by atoms with van der Waals surface area (Å²) in [5.41, 5.74) is 0. The van der Waals surface area contributed by atoms with Crippen LogP contribution in [0.15, 0.2) is 0 Å². The van der Waals surface area contributed by atoms with Crippen molar-refractivity contribution in [2.24, 2.45) is 23.7 Å². The highest BCUT2D eigenvalue weighted by atomic mass is 31.2. The zero-order valence-electron chi connectivity index (χ0n) is 76.4. The molecule has 0 aliphatic rings. The molecule has 0 aliphatic carbocycles. The Kier molecular flexibility index (Phi) is 82.9. The van der Waals surface area contributed by atoms with Crippen LogP contribution < -0.4 is 0 Å². The molecule has 0 aliphatic heterocycles. The molecule has 684 valence electrons. The van der Waals surface area contributed by atoms with Crippen LogP contribution in [0.5, 0.6) is 0 Å². The minimum absolute atomic E-state index is 0.107. The van der Waals surface area contributed by atoms with E-state index < -0.39 is 97.5 Å². The second-order valence-corrected chi connectivity index (χ2v) is 38.6. The minimum Gasteiger partial charge on any atom is -0.462 e. The number of aliphatic hydroxyl groups is 1. The molecule has 0 fully saturated rings. The lowest BCUT2D eigenvalue weighted by atomic mass is 9.99. The number of carbonyl (C=O) groups is 4. The fourth-order valence-corrected chi connectivity index (χ4v) is 16.6. The fourth-order valence-electron chi connectivity index (χ4n) is 15.0. The molecule has 0 amide bonds. The molecule has 0 saturated heterocycles. The van der Waals surface area contributed by atoms with Crippen molar-refractivity contribution in [2.45, 2.75) is 530 Å². The third kappa shape index (κ3) is 85.4. The summed E-state index contributed by atoms with van der Waals surface area (Å²) in [7, 11) is -9.94. The van der Waals surface area contributed by atoms with Crippen molar-refractivity contribution >= 4 is 39.5 Å². The van der Waals surface area contributed by atoms with Gasteiger partial charge in [0.25, 0.3) is 0 Å². The zero-order valence-corrected chi connectivity index (χ0v) is 78.2. The number of phosphoric ester groups is 2. The maximum atomic E-state index is 13.2. The molecular formula is C96H188O17P2. The van der Waals surface area contributed by atoms with E-state index in [0.717, 1.165) is 114 Å². The summed E-state index contributed by atoms with van der Waals surface area (Å²) in [4.78, 5) is 73.5. The van der Waals surface area contributed by atoms with E-state index in [-0.39, 0.29) is 25.7 Å². The second kappa shape index (κ2) is 84.3.